The summed E-state index contributed by atoms with van der Waals surface area (Å²) in [6, 6.07) is 0. The summed E-state index contributed by atoms with van der Waals surface area (Å²) in [7, 11) is 1.87. The first-order valence-corrected chi connectivity index (χ1v) is 12.0. The molecule has 0 spiro atoms. The van der Waals surface area contributed by atoms with Gasteiger partial charge in [-0.2, -0.15) is 0 Å². The van der Waals surface area contributed by atoms with E-state index in [4.69, 9.17) is 4.74 Å². The van der Waals surface area contributed by atoms with Gasteiger partial charge in [-0.3, -0.25) is 4.99 Å². The lowest BCUT2D eigenvalue weighted by Gasteiger charge is -2.36. The van der Waals surface area contributed by atoms with Crippen LogP contribution in [0.4, 0.5) is 4.79 Å². The Balaban J connectivity index is 0.00000480. The third kappa shape index (κ3) is 10.6. The van der Waals surface area contributed by atoms with Crippen LogP contribution >= 0.6 is 24.0 Å². The van der Waals surface area contributed by atoms with Crippen LogP contribution in [0.1, 0.15) is 66.2 Å². The number of amides is 1. The zero-order valence-corrected chi connectivity index (χ0v) is 22.8. The summed E-state index contributed by atoms with van der Waals surface area (Å²) in [5, 5.41) is 3.55. The molecule has 0 aromatic rings. The molecule has 0 atom stereocenters. The molecule has 0 aromatic heterocycles. The molecule has 1 N–H and O–H groups in total. The molecule has 2 rings (SSSR count). The number of likely N-dealkylation sites (tertiary alicyclic amines) is 2. The topological polar surface area (TPSA) is 60.4 Å². The number of ether oxygens (including phenoxy) is 1. The highest BCUT2D eigenvalue weighted by Gasteiger charge is 2.27. The maximum Gasteiger partial charge on any atom is 0.410 e. The first kappa shape index (κ1) is 28.3. The molecular weight excluding hydrogens is 505 g/mol. The molecule has 31 heavy (non-hydrogen) atoms. The molecule has 8 heteroatoms. The Bertz CT molecular complexity index is 539. The SMILES string of the molecule is CCN(CC1CCN(C(=NC)NCCCCN2CCCC2)CC1)C(=O)OC(C)(C)C.I. The predicted molar refractivity (Wildman–Crippen MR) is 139 cm³/mol. The summed E-state index contributed by atoms with van der Waals surface area (Å²) in [5.74, 6) is 1.54. The second-order valence-electron chi connectivity index (χ2n) is 9.68. The van der Waals surface area contributed by atoms with Crippen molar-refractivity contribution in [3.8, 4) is 0 Å². The highest BCUT2D eigenvalue weighted by molar-refractivity contribution is 14.0. The molecular formula is C23H46IN5O2. The second kappa shape index (κ2) is 14.4. The molecule has 0 unspecified atom stereocenters. The van der Waals surface area contributed by atoms with Crippen LogP contribution in [0.2, 0.25) is 0 Å². The number of aliphatic imine (C=N–C) groups is 1. The Morgan fingerprint density at radius 1 is 1.13 bits per heavy atom. The number of nitrogens with zero attached hydrogens (tertiary/aromatic N) is 4. The van der Waals surface area contributed by atoms with Crippen LogP contribution < -0.4 is 5.32 Å². The van der Waals surface area contributed by atoms with Gasteiger partial charge in [-0.05, 0) is 91.8 Å². The van der Waals surface area contributed by atoms with Crippen LogP contribution in [-0.4, -0.2) is 91.8 Å². The number of nitrogens with one attached hydrogen (secondary N) is 1. The molecule has 182 valence electrons. The third-order valence-electron chi connectivity index (χ3n) is 6.02. The van der Waals surface area contributed by atoms with Crippen molar-refractivity contribution in [1.82, 2.24) is 20.0 Å². The van der Waals surface area contributed by atoms with E-state index >= 15 is 0 Å². The van der Waals surface area contributed by atoms with Crippen molar-refractivity contribution in [3.63, 3.8) is 0 Å². The quantitative estimate of drug-likeness (QED) is 0.214. The van der Waals surface area contributed by atoms with Gasteiger partial charge in [-0.25, -0.2) is 4.79 Å². The van der Waals surface area contributed by atoms with E-state index in [1.165, 1.54) is 45.3 Å². The molecule has 0 aliphatic carbocycles. The van der Waals surface area contributed by atoms with Gasteiger partial charge in [0, 0.05) is 39.8 Å². The van der Waals surface area contributed by atoms with E-state index in [9.17, 15) is 4.79 Å². The number of hydrogen-bond acceptors (Lipinski definition) is 4. The van der Waals surface area contributed by atoms with Crippen LogP contribution in [0.3, 0.4) is 0 Å². The minimum Gasteiger partial charge on any atom is -0.444 e. The smallest absolute Gasteiger partial charge is 0.410 e. The van der Waals surface area contributed by atoms with Gasteiger partial charge in [-0.1, -0.05) is 0 Å². The first-order valence-electron chi connectivity index (χ1n) is 12.0. The van der Waals surface area contributed by atoms with E-state index < -0.39 is 5.60 Å². The number of piperidine rings is 1. The maximum absolute atomic E-state index is 12.4. The van der Waals surface area contributed by atoms with Gasteiger partial charge in [0.05, 0.1) is 0 Å². The van der Waals surface area contributed by atoms with Gasteiger partial charge in [0.15, 0.2) is 5.96 Å². The predicted octanol–water partition coefficient (Wildman–Crippen LogP) is 4.02. The molecule has 2 aliphatic heterocycles. The van der Waals surface area contributed by atoms with Crippen LogP contribution in [0.5, 0.6) is 0 Å². The van der Waals surface area contributed by atoms with Crippen molar-refractivity contribution < 1.29 is 9.53 Å². The van der Waals surface area contributed by atoms with Crippen molar-refractivity contribution in [2.24, 2.45) is 10.9 Å². The Morgan fingerprint density at radius 3 is 2.32 bits per heavy atom. The number of guanidine groups is 1. The van der Waals surface area contributed by atoms with Crippen LogP contribution in [-0.2, 0) is 4.74 Å². The van der Waals surface area contributed by atoms with E-state index in [0.29, 0.717) is 12.5 Å². The van der Waals surface area contributed by atoms with Crippen molar-refractivity contribution >= 4 is 36.0 Å². The molecule has 2 aliphatic rings. The monoisotopic (exact) mass is 551 g/mol. The average Bonchev–Trinajstić information content (AvgIpc) is 3.21. The molecule has 0 radical (unpaired) electrons. The Kier molecular flexibility index (Phi) is 13.1. The van der Waals surface area contributed by atoms with Gasteiger partial charge in [0.1, 0.15) is 5.60 Å². The lowest BCUT2D eigenvalue weighted by molar-refractivity contribution is 0.0214. The molecule has 0 bridgehead atoms. The molecule has 1 amide bonds. The van der Waals surface area contributed by atoms with Crippen molar-refractivity contribution in [1.29, 1.82) is 0 Å². The van der Waals surface area contributed by atoms with Gasteiger partial charge in [-0.15, -0.1) is 24.0 Å². The molecule has 2 heterocycles. The van der Waals surface area contributed by atoms with Gasteiger partial charge < -0.3 is 24.8 Å². The summed E-state index contributed by atoms with van der Waals surface area (Å²) >= 11 is 0. The molecule has 2 fully saturated rings. The minimum atomic E-state index is -0.444. The van der Waals surface area contributed by atoms with Crippen LogP contribution in [0, 0.1) is 5.92 Å². The molecule has 7 nitrogen and oxygen atoms in total. The fraction of sp³-hybridized carbons (Fsp3) is 0.913. The summed E-state index contributed by atoms with van der Waals surface area (Å²) in [5.41, 5.74) is -0.444. The van der Waals surface area contributed by atoms with Crippen LogP contribution in [0.25, 0.3) is 0 Å². The highest BCUT2D eigenvalue weighted by Crippen LogP contribution is 2.20. The zero-order chi connectivity index (χ0) is 22.0. The van der Waals surface area contributed by atoms with E-state index in [-0.39, 0.29) is 30.1 Å². The van der Waals surface area contributed by atoms with Crippen molar-refractivity contribution in [3.05, 3.63) is 0 Å². The average molecular weight is 552 g/mol. The lowest BCUT2D eigenvalue weighted by Crippen LogP contribution is -2.48. The van der Waals surface area contributed by atoms with E-state index in [1.54, 1.807) is 0 Å². The normalized spacial score (nSPS) is 18.6. The van der Waals surface area contributed by atoms with Gasteiger partial charge in [0.25, 0.3) is 0 Å². The van der Waals surface area contributed by atoms with Gasteiger partial charge in [0.2, 0.25) is 0 Å². The van der Waals surface area contributed by atoms with Gasteiger partial charge >= 0.3 is 6.09 Å². The number of carbonyl (C=O) groups is 1. The summed E-state index contributed by atoms with van der Waals surface area (Å²) in [6.45, 7) is 16.0. The number of halogens is 1. The Hall–Kier alpha value is -0.770. The Morgan fingerprint density at radius 2 is 1.77 bits per heavy atom. The zero-order valence-electron chi connectivity index (χ0n) is 20.5. The fourth-order valence-electron chi connectivity index (χ4n) is 4.30. The first-order chi connectivity index (χ1) is 14.3. The molecule has 2 saturated heterocycles. The van der Waals surface area contributed by atoms with E-state index in [0.717, 1.165) is 45.0 Å². The number of unbranched alkanes of at least 4 members (excludes halogenated alkanes) is 1. The number of hydrogen-bond donors (Lipinski definition) is 1. The minimum absolute atomic E-state index is 0. The molecule has 0 aromatic carbocycles. The Labute approximate surface area is 207 Å². The van der Waals surface area contributed by atoms with E-state index in [2.05, 4.69) is 20.1 Å². The number of rotatable bonds is 8. The summed E-state index contributed by atoms with van der Waals surface area (Å²) < 4.78 is 5.55. The van der Waals surface area contributed by atoms with Crippen molar-refractivity contribution in [2.75, 3.05) is 59.4 Å². The summed E-state index contributed by atoms with van der Waals surface area (Å²) in [4.78, 5) is 23.7. The third-order valence-corrected chi connectivity index (χ3v) is 6.02. The standard InChI is InChI=1S/C23H45N5O2.HI/c1-6-27(22(29)30-23(2,3)4)19-20-11-17-28(18-12-20)21(24-5)25-13-7-8-14-26-15-9-10-16-26;/h20H,6-19H2,1-5H3,(H,24,25);1H. The second-order valence-corrected chi connectivity index (χ2v) is 9.68. The fourth-order valence-corrected chi connectivity index (χ4v) is 4.30. The highest BCUT2D eigenvalue weighted by atomic mass is 127. The molecule has 0 saturated carbocycles. The summed E-state index contributed by atoms with van der Waals surface area (Å²) in [6.07, 6.45) is 7.14. The van der Waals surface area contributed by atoms with Crippen molar-refractivity contribution in [2.45, 2.75) is 71.8 Å². The number of carbonyl (C=O) groups excluding carboxylic acids is 1. The maximum atomic E-state index is 12.4. The largest absolute Gasteiger partial charge is 0.444 e. The lowest BCUT2D eigenvalue weighted by atomic mass is 9.96. The van der Waals surface area contributed by atoms with Crippen LogP contribution in [0.15, 0.2) is 4.99 Å². The van der Waals surface area contributed by atoms with E-state index in [1.807, 2.05) is 39.6 Å².